The lowest BCUT2D eigenvalue weighted by Gasteiger charge is -2.08. The Morgan fingerprint density at radius 1 is 0.833 bits per heavy atom. The SMILES string of the molecule is O=S(=O)(NCc1c(F)cccc1F)c1cn(-c2ccccc2)nc1-c1ccccc1. The van der Waals surface area contributed by atoms with Crippen molar-refractivity contribution >= 4 is 10.0 Å². The van der Waals surface area contributed by atoms with Crippen LogP contribution in [0.3, 0.4) is 0 Å². The van der Waals surface area contributed by atoms with Crippen LogP contribution in [0.5, 0.6) is 0 Å². The van der Waals surface area contributed by atoms with Gasteiger partial charge in [0.25, 0.3) is 0 Å². The molecule has 0 radical (unpaired) electrons. The van der Waals surface area contributed by atoms with E-state index in [0.717, 1.165) is 12.1 Å². The average molecular weight is 425 g/mol. The number of aromatic nitrogens is 2. The summed E-state index contributed by atoms with van der Waals surface area (Å²) < 4.78 is 57.7. The predicted molar refractivity (Wildman–Crippen MR) is 109 cm³/mol. The van der Waals surface area contributed by atoms with Crippen LogP contribution in [0.15, 0.2) is 90.0 Å². The summed E-state index contributed by atoms with van der Waals surface area (Å²) in [7, 11) is -4.12. The number of nitrogens with one attached hydrogen (secondary N) is 1. The zero-order valence-electron chi connectivity index (χ0n) is 15.7. The predicted octanol–water partition coefficient (Wildman–Crippen LogP) is 4.30. The zero-order chi connectivity index (χ0) is 21.1. The van der Waals surface area contributed by atoms with Gasteiger partial charge in [-0.25, -0.2) is 26.6 Å². The first-order chi connectivity index (χ1) is 14.5. The first kappa shape index (κ1) is 19.9. The number of sulfonamides is 1. The van der Waals surface area contributed by atoms with Gasteiger partial charge in [-0.2, -0.15) is 5.10 Å². The lowest BCUT2D eigenvalue weighted by Crippen LogP contribution is -2.24. The third-order valence-corrected chi connectivity index (χ3v) is 5.94. The molecule has 1 aromatic heterocycles. The number of nitrogens with zero attached hydrogens (tertiary/aromatic N) is 2. The highest BCUT2D eigenvalue weighted by Gasteiger charge is 2.25. The van der Waals surface area contributed by atoms with Crippen molar-refractivity contribution in [2.45, 2.75) is 11.4 Å². The molecule has 0 aliphatic carbocycles. The maximum atomic E-state index is 13.9. The Hall–Kier alpha value is -3.36. The standard InChI is InChI=1S/C22H17F2N3O2S/c23-19-12-7-13-20(24)18(19)14-25-30(28,29)21-15-27(17-10-5-2-6-11-17)26-22(21)16-8-3-1-4-9-16/h1-13,15,25H,14H2. The highest BCUT2D eigenvalue weighted by atomic mass is 32.2. The molecule has 8 heteroatoms. The van der Waals surface area contributed by atoms with Gasteiger partial charge in [-0.3, -0.25) is 0 Å². The molecule has 0 spiro atoms. The normalized spacial score (nSPS) is 11.5. The highest BCUT2D eigenvalue weighted by molar-refractivity contribution is 7.89. The van der Waals surface area contributed by atoms with E-state index in [1.165, 1.54) is 16.9 Å². The summed E-state index contributed by atoms with van der Waals surface area (Å²) in [6, 6.07) is 21.3. The van der Waals surface area contributed by atoms with E-state index < -0.39 is 28.2 Å². The van der Waals surface area contributed by atoms with Crippen LogP contribution in [0.4, 0.5) is 8.78 Å². The van der Waals surface area contributed by atoms with E-state index in [2.05, 4.69) is 9.82 Å². The van der Waals surface area contributed by atoms with E-state index in [1.807, 2.05) is 24.3 Å². The van der Waals surface area contributed by atoms with Crippen LogP contribution >= 0.6 is 0 Å². The van der Waals surface area contributed by atoms with E-state index in [-0.39, 0.29) is 16.2 Å². The molecule has 0 saturated heterocycles. The third-order valence-electron chi connectivity index (χ3n) is 4.54. The molecule has 4 aromatic rings. The maximum Gasteiger partial charge on any atom is 0.244 e. The summed E-state index contributed by atoms with van der Waals surface area (Å²) in [5.74, 6) is -1.64. The van der Waals surface area contributed by atoms with Gasteiger partial charge in [0.2, 0.25) is 10.0 Å². The first-order valence-electron chi connectivity index (χ1n) is 9.09. The molecule has 0 bridgehead atoms. The van der Waals surface area contributed by atoms with Gasteiger partial charge in [-0.05, 0) is 24.3 Å². The second-order valence-corrected chi connectivity index (χ2v) is 8.25. The Bertz CT molecular complexity index is 1250. The minimum absolute atomic E-state index is 0.0886. The monoisotopic (exact) mass is 425 g/mol. The number of rotatable bonds is 6. The summed E-state index contributed by atoms with van der Waals surface area (Å²) in [6.45, 7) is -0.522. The van der Waals surface area contributed by atoms with Crippen molar-refractivity contribution in [1.29, 1.82) is 0 Å². The second-order valence-electron chi connectivity index (χ2n) is 6.51. The molecule has 152 valence electrons. The van der Waals surface area contributed by atoms with Crippen LogP contribution in [0, 0.1) is 11.6 Å². The summed E-state index contributed by atoms with van der Waals surface area (Å²) >= 11 is 0. The van der Waals surface area contributed by atoms with Crippen LogP contribution in [-0.4, -0.2) is 18.2 Å². The molecule has 0 atom stereocenters. The molecule has 0 aliphatic rings. The van der Waals surface area contributed by atoms with Gasteiger partial charge in [0.05, 0.1) is 11.9 Å². The first-order valence-corrected chi connectivity index (χ1v) is 10.6. The van der Waals surface area contributed by atoms with Gasteiger partial charge in [0.15, 0.2) is 0 Å². The van der Waals surface area contributed by atoms with Gasteiger partial charge < -0.3 is 0 Å². The van der Waals surface area contributed by atoms with Gasteiger partial charge in [-0.15, -0.1) is 0 Å². The maximum absolute atomic E-state index is 13.9. The summed E-state index contributed by atoms with van der Waals surface area (Å²) in [5, 5.41) is 4.46. The molecule has 1 N–H and O–H groups in total. The molecule has 5 nitrogen and oxygen atoms in total. The Kier molecular flexibility index (Phi) is 5.43. The molecule has 4 rings (SSSR count). The zero-order valence-corrected chi connectivity index (χ0v) is 16.5. The number of para-hydroxylation sites is 1. The van der Waals surface area contributed by atoms with Crippen LogP contribution in [-0.2, 0) is 16.6 Å². The Balaban J connectivity index is 1.75. The van der Waals surface area contributed by atoms with Crippen LogP contribution in [0.25, 0.3) is 16.9 Å². The second kappa shape index (κ2) is 8.17. The van der Waals surface area contributed by atoms with E-state index in [1.54, 1.807) is 36.4 Å². The Morgan fingerprint density at radius 3 is 2.07 bits per heavy atom. The quantitative estimate of drug-likeness (QED) is 0.501. The fourth-order valence-corrected chi connectivity index (χ4v) is 4.15. The van der Waals surface area contributed by atoms with Gasteiger partial charge in [0, 0.05) is 17.7 Å². The Labute approximate surface area is 172 Å². The molecular formula is C22H17F2N3O2S. The fraction of sp³-hybridized carbons (Fsp3) is 0.0455. The largest absolute Gasteiger partial charge is 0.244 e. The van der Waals surface area contributed by atoms with E-state index in [4.69, 9.17) is 0 Å². The molecule has 0 amide bonds. The van der Waals surface area contributed by atoms with E-state index in [9.17, 15) is 17.2 Å². The van der Waals surface area contributed by atoms with E-state index >= 15 is 0 Å². The van der Waals surface area contributed by atoms with Gasteiger partial charge >= 0.3 is 0 Å². The molecule has 0 fully saturated rings. The minimum Gasteiger partial charge on any atom is -0.239 e. The smallest absolute Gasteiger partial charge is 0.239 e. The van der Waals surface area contributed by atoms with Gasteiger partial charge in [0.1, 0.15) is 22.2 Å². The molecule has 30 heavy (non-hydrogen) atoms. The topological polar surface area (TPSA) is 64.0 Å². The Morgan fingerprint density at radius 2 is 1.43 bits per heavy atom. The van der Waals surface area contributed by atoms with Crippen LogP contribution in [0.1, 0.15) is 5.56 Å². The summed E-state index contributed by atoms with van der Waals surface area (Å²) in [6.07, 6.45) is 1.39. The van der Waals surface area contributed by atoms with Crippen molar-refractivity contribution in [2.24, 2.45) is 0 Å². The van der Waals surface area contributed by atoms with Gasteiger partial charge in [-0.1, -0.05) is 54.6 Å². The fourth-order valence-electron chi connectivity index (χ4n) is 3.01. The number of hydrogen-bond donors (Lipinski definition) is 1. The van der Waals surface area contributed by atoms with Crippen molar-refractivity contribution < 1.29 is 17.2 Å². The molecule has 1 heterocycles. The lowest BCUT2D eigenvalue weighted by atomic mass is 10.2. The summed E-state index contributed by atoms with van der Waals surface area (Å²) in [4.78, 5) is -0.0886. The van der Waals surface area contributed by atoms with Crippen LogP contribution < -0.4 is 4.72 Å². The van der Waals surface area contributed by atoms with Crippen LogP contribution in [0.2, 0.25) is 0 Å². The van der Waals surface area contributed by atoms with Crippen molar-refractivity contribution in [1.82, 2.24) is 14.5 Å². The highest BCUT2D eigenvalue weighted by Crippen LogP contribution is 2.27. The molecule has 3 aromatic carbocycles. The summed E-state index contributed by atoms with van der Waals surface area (Å²) in [5.41, 5.74) is 1.17. The number of hydrogen-bond acceptors (Lipinski definition) is 3. The van der Waals surface area contributed by atoms with Crippen molar-refractivity contribution in [3.05, 3.63) is 102 Å². The molecule has 0 saturated carbocycles. The van der Waals surface area contributed by atoms with Crippen molar-refractivity contribution in [3.8, 4) is 16.9 Å². The average Bonchev–Trinajstić information content (AvgIpc) is 3.21. The number of halogens is 2. The lowest BCUT2D eigenvalue weighted by molar-refractivity contribution is 0.544. The van der Waals surface area contributed by atoms with Crippen molar-refractivity contribution in [2.75, 3.05) is 0 Å². The van der Waals surface area contributed by atoms with E-state index in [0.29, 0.717) is 11.3 Å². The van der Waals surface area contributed by atoms with Crippen molar-refractivity contribution in [3.63, 3.8) is 0 Å². The molecular weight excluding hydrogens is 408 g/mol. The third kappa shape index (κ3) is 4.00. The molecule has 0 unspecified atom stereocenters. The molecule has 0 aliphatic heterocycles. The number of benzene rings is 3. The minimum atomic E-state index is -4.12.